The van der Waals surface area contributed by atoms with Gasteiger partial charge in [-0.2, -0.15) is 0 Å². The van der Waals surface area contributed by atoms with Crippen molar-refractivity contribution in [2.45, 2.75) is 12.5 Å². The third-order valence-electron chi connectivity index (χ3n) is 3.43. The third-order valence-corrected chi connectivity index (χ3v) is 3.43. The Kier molecular flexibility index (Phi) is 3.78. The lowest BCUT2D eigenvalue weighted by atomic mass is 9.96. The molecule has 3 rings (SSSR count). The number of carbonyl (C=O) groups excluding carboxylic acids is 1. The minimum absolute atomic E-state index is 0.0455. The predicted octanol–water partition coefficient (Wildman–Crippen LogP) is 2.86. The van der Waals surface area contributed by atoms with Gasteiger partial charge in [-0.15, -0.1) is 0 Å². The second-order valence-corrected chi connectivity index (χ2v) is 4.98. The van der Waals surface area contributed by atoms with E-state index in [0.29, 0.717) is 17.1 Å². The van der Waals surface area contributed by atoms with E-state index in [1.165, 1.54) is 6.07 Å². The van der Waals surface area contributed by atoms with E-state index in [0.717, 1.165) is 5.56 Å². The maximum Gasteiger partial charge on any atom is 0.341 e. The average molecular weight is 298 g/mol. The van der Waals surface area contributed by atoms with Gasteiger partial charge in [-0.3, -0.25) is 4.79 Å². The molecule has 1 aliphatic heterocycles. The highest BCUT2D eigenvalue weighted by molar-refractivity contribution is 6.00. The predicted molar refractivity (Wildman–Crippen MR) is 78.3 cm³/mol. The lowest BCUT2D eigenvalue weighted by Crippen LogP contribution is -2.20. The van der Waals surface area contributed by atoms with Crippen molar-refractivity contribution in [2.75, 3.05) is 6.61 Å². The number of carboxylic acids is 1. The fourth-order valence-corrected chi connectivity index (χ4v) is 2.39. The Labute approximate surface area is 127 Å². The Morgan fingerprint density at radius 3 is 2.73 bits per heavy atom. The van der Waals surface area contributed by atoms with Gasteiger partial charge in [0, 0.05) is 0 Å². The van der Waals surface area contributed by atoms with Gasteiger partial charge in [0.1, 0.15) is 17.6 Å². The zero-order valence-electron chi connectivity index (χ0n) is 11.7. The molecular formula is C17H14O5. The van der Waals surface area contributed by atoms with E-state index in [2.05, 4.69) is 0 Å². The molecular weight excluding hydrogens is 284 g/mol. The fourth-order valence-electron chi connectivity index (χ4n) is 2.39. The molecule has 5 heteroatoms. The van der Waals surface area contributed by atoms with Gasteiger partial charge < -0.3 is 14.6 Å². The quantitative estimate of drug-likeness (QED) is 0.939. The van der Waals surface area contributed by atoms with Crippen LogP contribution >= 0.6 is 0 Å². The molecule has 1 N–H and O–H groups in total. The largest absolute Gasteiger partial charge is 0.484 e. The van der Waals surface area contributed by atoms with Crippen molar-refractivity contribution in [3.8, 4) is 11.5 Å². The second kappa shape index (κ2) is 5.89. The number of hydrogen-bond acceptors (Lipinski definition) is 4. The SMILES string of the molecule is O=C(O)COc1ccc2c(c1)C(=O)CC(c1ccccc1)O2. The van der Waals surface area contributed by atoms with Gasteiger partial charge in [-0.25, -0.2) is 4.79 Å². The van der Waals surface area contributed by atoms with Crippen LogP contribution in [0, 0.1) is 0 Å². The molecule has 0 fully saturated rings. The zero-order chi connectivity index (χ0) is 15.5. The van der Waals surface area contributed by atoms with Crippen LogP contribution in [0.4, 0.5) is 0 Å². The topological polar surface area (TPSA) is 72.8 Å². The molecule has 1 unspecified atom stereocenters. The van der Waals surface area contributed by atoms with E-state index in [-0.39, 0.29) is 18.3 Å². The number of rotatable bonds is 4. The number of carbonyl (C=O) groups is 2. The molecule has 0 bridgehead atoms. The van der Waals surface area contributed by atoms with Crippen LogP contribution < -0.4 is 9.47 Å². The number of benzene rings is 2. The highest BCUT2D eigenvalue weighted by Crippen LogP contribution is 2.36. The third kappa shape index (κ3) is 2.93. The average Bonchev–Trinajstić information content (AvgIpc) is 2.54. The van der Waals surface area contributed by atoms with Crippen LogP contribution in [0.1, 0.15) is 28.4 Å². The van der Waals surface area contributed by atoms with E-state index >= 15 is 0 Å². The first-order chi connectivity index (χ1) is 10.6. The van der Waals surface area contributed by atoms with E-state index in [4.69, 9.17) is 14.6 Å². The fraction of sp³-hybridized carbons (Fsp3) is 0.176. The van der Waals surface area contributed by atoms with Gasteiger partial charge >= 0.3 is 5.97 Å². The number of ether oxygens (including phenoxy) is 2. The monoisotopic (exact) mass is 298 g/mol. The van der Waals surface area contributed by atoms with Gasteiger partial charge in [-0.1, -0.05) is 30.3 Å². The summed E-state index contributed by atoms with van der Waals surface area (Å²) in [6.45, 7) is -0.444. The van der Waals surface area contributed by atoms with Crippen molar-refractivity contribution in [3.63, 3.8) is 0 Å². The van der Waals surface area contributed by atoms with Crippen LogP contribution in [0.2, 0.25) is 0 Å². The number of fused-ring (bicyclic) bond motifs is 1. The molecule has 0 aliphatic carbocycles. The molecule has 0 amide bonds. The number of Topliss-reactive ketones (excluding diaryl/α,β-unsaturated/α-hetero) is 1. The summed E-state index contributed by atoms with van der Waals surface area (Å²) in [6, 6.07) is 14.3. The smallest absolute Gasteiger partial charge is 0.341 e. The highest BCUT2D eigenvalue weighted by atomic mass is 16.5. The van der Waals surface area contributed by atoms with Crippen molar-refractivity contribution < 1.29 is 24.2 Å². The molecule has 0 saturated carbocycles. The van der Waals surface area contributed by atoms with Crippen molar-refractivity contribution in [3.05, 3.63) is 59.7 Å². The Balaban J connectivity index is 1.83. The first kappa shape index (κ1) is 14.1. The number of carboxylic acid groups (broad SMARTS) is 1. The van der Waals surface area contributed by atoms with E-state index < -0.39 is 12.6 Å². The van der Waals surface area contributed by atoms with Crippen molar-refractivity contribution >= 4 is 11.8 Å². The van der Waals surface area contributed by atoms with Crippen molar-refractivity contribution in [1.29, 1.82) is 0 Å². The molecule has 22 heavy (non-hydrogen) atoms. The first-order valence-electron chi connectivity index (χ1n) is 6.87. The molecule has 2 aromatic carbocycles. The van der Waals surface area contributed by atoms with Crippen LogP contribution in [0.25, 0.3) is 0 Å². The minimum atomic E-state index is -1.07. The second-order valence-electron chi connectivity index (χ2n) is 4.98. The van der Waals surface area contributed by atoms with E-state index in [9.17, 15) is 9.59 Å². The number of ketones is 1. The van der Waals surface area contributed by atoms with Gasteiger partial charge in [0.2, 0.25) is 0 Å². The molecule has 1 heterocycles. The van der Waals surface area contributed by atoms with E-state index in [1.807, 2.05) is 30.3 Å². The molecule has 2 aromatic rings. The van der Waals surface area contributed by atoms with Crippen LogP contribution in [0.15, 0.2) is 48.5 Å². The molecule has 1 atom stereocenters. The summed E-state index contributed by atoms with van der Waals surface area (Å²) in [4.78, 5) is 22.8. The lowest BCUT2D eigenvalue weighted by Gasteiger charge is -2.25. The maximum atomic E-state index is 12.3. The summed E-state index contributed by atoms with van der Waals surface area (Å²) in [5.41, 5.74) is 1.38. The van der Waals surface area contributed by atoms with Gasteiger partial charge in [0.15, 0.2) is 12.4 Å². The van der Waals surface area contributed by atoms with Gasteiger partial charge in [0.05, 0.1) is 12.0 Å². The standard InChI is InChI=1S/C17H14O5/c18-14-9-16(11-4-2-1-3-5-11)22-15-7-6-12(8-13(14)15)21-10-17(19)20/h1-8,16H,9-10H2,(H,19,20). The van der Waals surface area contributed by atoms with Crippen molar-refractivity contribution in [2.24, 2.45) is 0 Å². The van der Waals surface area contributed by atoms with Crippen molar-refractivity contribution in [1.82, 2.24) is 0 Å². The molecule has 1 aliphatic rings. The Hall–Kier alpha value is -2.82. The molecule has 0 spiro atoms. The number of hydrogen-bond donors (Lipinski definition) is 1. The summed E-state index contributed by atoms with van der Waals surface area (Å²) < 4.78 is 11.0. The van der Waals surface area contributed by atoms with Gasteiger partial charge in [-0.05, 0) is 23.8 Å². The molecule has 0 saturated heterocycles. The molecule has 112 valence electrons. The number of aliphatic carboxylic acids is 1. The molecule has 5 nitrogen and oxygen atoms in total. The van der Waals surface area contributed by atoms with Crippen LogP contribution in [0.3, 0.4) is 0 Å². The summed E-state index contributed by atoms with van der Waals surface area (Å²) in [5, 5.41) is 8.61. The maximum absolute atomic E-state index is 12.3. The molecule has 0 radical (unpaired) electrons. The lowest BCUT2D eigenvalue weighted by molar-refractivity contribution is -0.139. The minimum Gasteiger partial charge on any atom is -0.484 e. The summed E-state index contributed by atoms with van der Waals surface area (Å²) in [5.74, 6) is -0.274. The van der Waals surface area contributed by atoms with Gasteiger partial charge in [0.25, 0.3) is 0 Å². The first-order valence-corrected chi connectivity index (χ1v) is 6.87. The van der Waals surface area contributed by atoms with Crippen LogP contribution in [-0.4, -0.2) is 23.5 Å². The van der Waals surface area contributed by atoms with E-state index in [1.54, 1.807) is 12.1 Å². The Morgan fingerprint density at radius 2 is 2.00 bits per heavy atom. The Bertz CT molecular complexity index is 708. The van der Waals surface area contributed by atoms with Crippen LogP contribution in [-0.2, 0) is 4.79 Å². The Morgan fingerprint density at radius 1 is 1.23 bits per heavy atom. The zero-order valence-corrected chi connectivity index (χ0v) is 11.7. The summed E-state index contributed by atoms with van der Waals surface area (Å²) >= 11 is 0. The highest BCUT2D eigenvalue weighted by Gasteiger charge is 2.28. The summed E-state index contributed by atoms with van der Waals surface area (Å²) in [6.07, 6.45) is -0.0497. The molecule has 0 aromatic heterocycles. The van der Waals surface area contributed by atoms with Crippen LogP contribution in [0.5, 0.6) is 11.5 Å². The summed E-state index contributed by atoms with van der Waals surface area (Å²) in [7, 11) is 0. The normalized spacial score (nSPS) is 16.5.